The average Bonchev–Trinajstić information content (AvgIpc) is 3.42. The lowest BCUT2D eigenvalue weighted by atomic mass is 10.00. The molecule has 0 fully saturated rings. The van der Waals surface area contributed by atoms with E-state index in [4.69, 9.17) is 0 Å². The van der Waals surface area contributed by atoms with Crippen molar-refractivity contribution in [2.75, 3.05) is 0 Å². The lowest BCUT2D eigenvalue weighted by molar-refractivity contribution is -0.141. The standard InChI is InChI=1S/C24H19N3O5S/c28-20-18(14-7-3-1-4-8-14)24(32)33-21(20)19(15-9-5-2-6-10-15)22(29)27-17(23(30)31)11-16-12-25-13-26-16/h1-10,12-13,17,28H,11H2,(H,25,26)(H,27,29)(H,30,31)/b21-19+. The molecule has 0 saturated heterocycles. The number of H-pyrrole nitrogens is 1. The molecular weight excluding hydrogens is 442 g/mol. The van der Waals surface area contributed by atoms with Crippen LogP contribution in [-0.2, 0) is 20.8 Å². The van der Waals surface area contributed by atoms with Crippen molar-refractivity contribution in [2.45, 2.75) is 12.5 Å². The lowest BCUT2D eigenvalue weighted by Crippen LogP contribution is -2.43. The third-order valence-corrected chi connectivity index (χ3v) is 6.00. The summed E-state index contributed by atoms with van der Waals surface area (Å²) in [5, 5.41) is 22.7. The quantitative estimate of drug-likeness (QED) is 0.397. The second-order valence-electron chi connectivity index (χ2n) is 7.19. The number of thioether (sulfide) groups is 1. The number of aliphatic carboxylic acids is 1. The van der Waals surface area contributed by atoms with Crippen molar-refractivity contribution in [1.29, 1.82) is 0 Å². The largest absolute Gasteiger partial charge is 0.506 e. The van der Waals surface area contributed by atoms with E-state index in [1.165, 1.54) is 12.5 Å². The first-order chi connectivity index (χ1) is 16.0. The van der Waals surface area contributed by atoms with Gasteiger partial charge in [-0.15, -0.1) is 0 Å². The predicted octanol–water partition coefficient (Wildman–Crippen LogP) is 3.18. The van der Waals surface area contributed by atoms with Gasteiger partial charge in [0.05, 0.1) is 22.4 Å². The fraction of sp³-hybridized carbons (Fsp3) is 0.0833. The molecule has 1 aliphatic heterocycles. The molecule has 1 atom stereocenters. The second-order valence-corrected chi connectivity index (χ2v) is 8.18. The van der Waals surface area contributed by atoms with E-state index in [1.54, 1.807) is 60.7 Å². The molecule has 2 aromatic carbocycles. The van der Waals surface area contributed by atoms with E-state index < -0.39 is 23.0 Å². The lowest BCUT2D eigenvalue weighted by Gasteiger charge is -2.17. The van der Waals surface area contributed by atoms with Gasteiger partial charge in [0, 0.05) is 18.3 Å². The average molecular weight is 461 g/mol. The third-order valence-electron chi connectivity index (χ3n) is 5.01. The van der Waals surface area contributed by atoms with Gasteiger partial charge in [-0.1, -0.05) is 60.7 Å². The van der Waals surface area contributed by atoms with Crippen molar-refractivity contribution < 1.29 is 24.6 Å². The zero-order valence-electron chi connectivity index (χ0n) is 17.2. The molecule has 4 rings (SSSR count). The minimum absolute atomic E-state index is 0.0123. The minimum Gasteiger partial charge on any atom is -0.506 e. The van der Waals surface area contributed by atoms with Crippen LogP contribution in [0.2, 0.25) is 0 Å². The molecule has 3 aromatic rings. The normalized spacial score (nSPS) is 15.9. The summed E-state index contributed by atoms with van der Waals surface area (Å²) in [5.41, 5.74) is 1.63. The highest BCUT2D eigenvalue weighted by molar-refractivity contribution is 8.19. The maximum Gasteiger partial charge on any atom is 0.326 e. The van der Waals surface area contributed by atoms with Crippen LogP contribution in [-0.4, -0.2) is 43.2 Å². The van der Waals surface area contributed by atoms with Gasteiger partial charge in [-0.2, -0.15) is 0 Å². The minimum atomic E-state index is -1.25. The molecule has 1 unspecified atom stereocenters. The summed E-state index contributed by atoms with van der Waals surface area (Å²) in [6.07, 6.45) is 2.88. The van der Waals surface area contributed by atoms with Crippen LogP contribution < -0.4 is 5.32 Å². The Morgan fingerprint density at radius 2 is 1.73 bits per heavy atom. The molecule has 33 heavy (non-hydrogen) atoms. The number of benzene rings is 2. The number of carbonyl (C=O) groups is 3. The van der Waals surface area contributed by atoms with Gasteiger partial charge >= 0.3 is 5.97 Å². The van der Waals surface area contributed by atoms with Crippen LogP contribution in [0.3, 0.4) is 0 Å². The van der Waals surface area contributed by atoms with Gasteiger partial charge in [-0.25, -0.2) is 9.78 Å². The van der Waals surface area contributed by atoms with Crippen molar-refractivity contribution in [3.63, 3.8) is 0 Å². The van der Waals surface area contributed by atoms with Gasteiger partial charge in [0.1, 0.15) is 11.8 Å². The van der Waals surface area contributed by atoms with Crippen molar-refractivity contribution in [3.8, 4) is 0 Å². The molecule has 1 amide bonds. The highest BCUT2D eigenvalue weighted by Gasteiger charge is 2.35. The van der Waals surface area contributed by atoms with E-state index in [0.29, 0.717) is 16.8 Å². The Morgan fingerprint density at radius 1 is 1.06 bits per heavy atom. The number of amides is 1. The molecule has 0 spiro atoms. The fourth-order valence-electron chi connectivity index (χ4n) is 3.45. The first kappa shape index (κ1) is 22.1. The van der Waals surface area contributed by atoms with E-state index in [0.717, 1.165) is 11.8 Å². The Labute approximate surface area is 193 Å². The first-order valence-electron chi connectivity index (χ1n) is 9.97. The molecule has 0 radical (unpaired) electrons. The smallest absolute Gasteiger partial charge is 0.326 e. The van der Waals surface area contributed by atoms with E-state index in [-0.39, 0.29) is 28.2 Å². The zero-order valence-corrected chi connectivity index (χ0v) is 18.0. The van der Waals surface area contributed by atoms with Gasteiger partial charge in [0.15, 0.2) is 0 Å². The number of carboxylic acid groups (broad SMARTS) is 1. The first-order valence-corrected chi connectivity index (χ1v) is 10.8. The second kappa shape index (κ2) is 9.58. The number of aromatic nitrogens is 2. The van der Waals surface area contributed by atoms with Gasteiger partial charge in [0.2, 0.25) is 5.12 Å². The van der Waals surface area contributed by atoms with Crippen molar-refractivity contribution in [3.05, 3.63) is 101 Å². The number of nitrogens with zero attached hydrogens (tertiary/aromatic N) is 1. The molecule has 0 aliphatic carbocycles. The van der Waals surface area contributed by atoms with Crippen LogP contribution >= 0.6 is 11.8 Å². The number of rotatable bonds is 7. The molecule has 0 saturated carbocycles. The van der Waals surface area contributed by atoms with E-state index in [2.05, 4.69) is 15.3 Å². The molecule has 2 heterocycles. The number of hydrogen-bond acceptors (Lipinski definition) is 6. The van der Waals surface area contributed by atoms with E-state index >= 15 is 0 Å². The number of aromatic amines is 1. The molecular formula is C24H19N3O5S. The van der Waals surface area contributed by atoms with Gasteiger partial charge < -0.3 is 20.5 Å². The van der Waals surface area contributed by atoms with Crippen LogP contribution in [0, 0.1) is 0 Å². The number of aliphatic hydroxyl groups excluding tert-OH is 1. The number of carbonyl (C=O) groups excluding carboxylic acids is 2. The Hall–Kier alpha value is -4.11. The van der Waals surface area contributed by atoms with E-state index in [9.17, 15) is 24.6 Å². The van der Waals surface area contributed by atoms with Crippen molar-refractivity contribution in [1.82, 2.24) is 15.3 Å². The van der Waals surface area contributed by atoms with Crippen molar-refractivity contribution >= 4 is 39.9 Å². The molecule has 1 aromatic heterocycles. The molecule has 8 nitrogen and oxygen atoms in total. The molecule has 9 heteroatoms. The highest BCUT2D eigenvalue weighted by Crippen LogP contribution is 2.44. The van der Waals surface area contributed by atoms with Gasteiger partial charge in [-0.3, -0.25) is 9.59 Å². The van der Waals surface area contributed by atoms with Crippen LogP contribution in [0.15, 0.2) is 83.9 Å². The Morgan fingerprint density at radius 3 is 2.33 bits per heavy atom. The maximum atomic E-state index is 13.4. The molecule has 4 N–H and O–H groups in total. The third kappa shape index (κ3) is 4.73. The topological polar surface area (TPSA) is 132 Å². The monoisotopic (exact) mass is 461 g/mol. The predicted molar refractivity (Wildman–Crippen MR) is 124 cm³/mol. The van der Waals surface area contributed by atoms with Gasteiger partial charge in [0.25, 0.3) is 5.91 Å². The Kier molecular flexibility index (Phi) is 6.41. The number of aliphatic hydroxyl groups is 1. The van der Waals surface area contributed by atoms with Crippen molar-refractivity contribution in [2.24, 2.45) is 0 Å². The van der Waals surface area contributed by atoms with Gasteiger partial charge in [-0.05, 0) is 22.9 Å². The van der Waals surface area contributed by atoms with Crippen LogP contribution in [0.1, 0.15) is 16.8 Å². The summed E-state index contributed by atoms with van der Waals surface area (Å²) in [4.78, 5) is 44.7. The maximum absolute atomic E-state index is 13.4. The molecule has 1 aliphatic rings. The summed E-state index contributed by atoms with van der Waals surface area (Å²) in [5.74, 6) is -2.26. The van der Waals surface area contributed by atoms with Crippen LogP contribution in [0.25, 0.3) is 11.1 Å². The van der Waals surface area contributed by atoms with Crippen LogP contribution in [0.5, 0.6) is 0 Å². The summed E-state index contributed by atoms with van der Waals surface area (Å²) >= 11 is 0.741. The highest BCUT2D eigenvalue weighted by atomic mass is 32.2. The molecule has 0 bridgehead atoms. The summed E-state index contributed by atoms with van der Waals surface area (Å²) in [6, 6.07) is 15.9. The zero-order chi connectivity index (χ0) is 23.4. The fourth-order valence-corrected chi connectivity index (χ4v) is 4.46. The van der Waals surface area contributed by atoms with Crippen LogP contribution in [0.4, 0.5) is 0 Å². The number of nitrogens with one attached hydrogen (secondary N) is 2. The summed E-state index contributed by atoms with van der Waals surface area (Å²) in [7, 11) is 0. The van der Waals surface area contributed by atoms with E-state index in [1.807, 2.05) is 0 Å². The number of carboxylic acids is 1. The SMILES string of the molecule is O=C1S/C(=C(/C(=O)NC(Cc2cnc[nH]2)C(=O)O)c2ccccc2)C(O)=C1c1ccccc1. The molecule has 166 valence electrons. The Balaban J connectivity index is 1.77. The summed E-state index contributed by atoms with van der Waals surface area (Å²) in [6.45, 7) is 0. The number of imidazole rings is 1. The summed E-state index contributed by atoms with van der Waals surface area (Å²) < 4.78 is 0. The number of hydrogen-bond donors (Lipinski definition) is 4. The Bertz CT molecular complexity index is 1250.